The summed E-state index contributed by atoms with van der Waals surface area (Å²) in [7, 11) is -2.38. The van der Waals surface area contributed by atoms with E-state index in [1.807, 2.05) is 30.3 Å². The zero-order chi connectivity index (χ0) is 20.5. The van der Waals surface area contributed by atoms with E-state index in [2.05, 4.69) is 4.99 Å². The van der Waals surface area contributed by atoms with Crippen LogP contribution in [-0.2, 0) is 22.2 Å². The van der Waals surface area contributed by atoms with Crippen molar-refractivity contribution in [3.8, 4) is 0 Å². The minimum absolute atomic E-state index is 0.0927. The topological polar surface area (TPSA) is 96.0 Å². The quantitative estimate of drug-likeness (QED) is 0.715. The molecule has 1 unspecified atom stereocenters. The molecule has 1 aliphatic rings. The van der Waals surface area contributed by atoms with Crippen molar-refractivity contribution >= 4 is 50.2 Å². The lowest BCUT2D eigenvalue weighted by Crippen LogP contribution is -2.42. The van der Waals surface area contributed by atoms with Crippen molar-refractivity contribution in [3.63, 3.8) is 0 Å². The van der Waals surface area contributed by atoms with Crippen molar-refractivity contribution in [3.05, 3.63) is 63.6 Å². The molecule has 0 spiro atoms. The summed E-state index contributed by atoms with van der Waals surface area (Å²) < 4.78 is 23.6. The number of hydrogen-bond donors (Lipinski definition) is 2. The summed E-state index contributed by atoms with van der Waals surface area (Å²) in [4.78, 5) is 5.88. The molecule has 1 fully saturated rings. The first-order valence-electron chi connectivity index (χ1n) is 8.32. The van der Waals surface area contributed by atoms with Gasteiger partial charge in [0.2, 0.25) is 10.0 Å². The SMILES string of the molecule is CN1C(=NCCc2ccccc2)SCC1(O)c1cc(S(N)(=O)=O)c(Cl)cc1Cl. The summed E-state index contributed by atoms with van der Waals surface area (Å²) in [6, 6.07) is 12.5. The molecule has 0 aliphatic carbocycles. The Bertz CT molecular complexity index is 1020. The van der Waals surface area contributed by atoms with Gasteiger partial charge in [-0.25, -0.2) is 13.6 Å². The molecule has 6 nitrogen and oxygen atoms in total. The Balaban J connectivity index is 1.86. The van der Waals surface area contributed by atoms with E-state index >= 15 is 0 Å². The molecule has 2 aromatic carbocycles. The molecule has 0 saturated carbocycles. The number of thioether (sulfide) groups is 1. The van der Waals surface area contributed by atoms with Gasteiger partial charge in [-0.3, -0.25) is 4.99 Å². The van der Waals surface area contributed by atoms with Gasteiger partial charge in [0.1, 0.15) is 4.90 Å². The Morgan fingerprint density at radius 3 is 2.57 bits per heavy atom. The average molecular weight is 460 g/mol. The first-order chi connectivity index (χ1) is 13.1. The van der Waals surface area contributed by atoms with E-state index in [1.165, 1.54) is 29.5 Å². The first kappa shape index (κ1) is 21.4. The number of benzene rings is 2. The summed E-state index contributed by atoms with van der Waals surface area (Å²) in [6.45, 7) is 0.559. The molecule has 3 rings (SSSR count). The fourth-order valence-electron chi connectivity index (χ4n) is 2.91. The van der Waals surface area contributed by atoms with Gasteiger partial charge in [-0.2, -0.15) is 0 Å². The Labute approximate surface area is 178 Å². The molecule has 2 aromatic rings. The van der Waals surface area contributed by atoms with Crippen LogP contribution in [0.25, 0.3) is 0 Å². The lowest BCUT2D eigenvalue weighted by atomic mass is 10.0. The predicted octanol–water partition coefficient (Wildman–Crippen LogP) is 3.06. The number of aliphatic hydroxyl groups is 1. The molecule has 3 N–H and O–H groups in total. The van der Waals surface area contributed by atoms with Gasteiger partial charge in [-0.05, 0) is 24.1 Å². The molecular weight excluding hydrogens is 441 g/mol. The highest BCUT2D eigenvalue weighted by molar-refractivity contribution is 8.14. The van der Waals surface area contributed by atoms with Crippen LogP contribution in [-0.4, -0.2) is 42.9 Å². The van der Waals surface area contributed by atoms with Gasteiger partial charge in [-0.1, -0.05) is 65.3 Å². The molecule has 1 heterocycles. The zero-order valence-electron chi connectivity index (χ0n) is 15.0. The summed E-state index contributed by atoms with van der Waals surface area (Å²) >= 11 is 13.6. The fourth-order valence-corrected chi connectivity index (χ4v) is 5.58. The molecule has 28 heavy (non-hydrogen) atoms. The van der Waals surface area contributed by atoms with E-state index in [1.54, 1.807) is 11.9 Å². The summed E-state index contributed by atoms with van der Waals surface area (Å²) in [5, 5.41) is 17.2. The zero-order valence-corrected chi connectivity index (χ0v) is 18.1. The summed E-state index contributed by atoms with van der Waals surface area (Å²) in [5.74, 6) is 0.235. The van der Waals surface area contributed by atoms with Crippen LogP contribution >= 0.6 is 35.0 Å². The summed E-state index contributed by atoms with van der Waals surface area (Å²) in [6.07, 6.45) is 0.772. The number of aliphatic imine (C=N–C) groups is 1. The number of nitrogens with zero attached hydrogens (tertiary/aromatic N) is 2. The van der Waals surface area contributed by atoms with E-state index in [0.29, 0.717) is 11.7 Å². The van der Waals surface area contributed by atoms with Gasteiger partial charge >= 0.3 is 0 Å². The van der Waals surface area contributed by atoms with Gasteiger partial charge in [0.15, 0.2) is 10.9 Å². The third kappa shape index (κ3) is 4.32. The van der Waals surface area contributed by atoms with Crippen molar-refractivity contribution in [2.24, 2.45) is 10.1 Å². The number of halogens is 2. The van der Waals surface area contributed by atoms with Crippen LogP contribution in [0, 0.1) is 0 Å². The standard InChI is InChI=1S/C18H19Cl2N3O3S2/c1-23-17(22-8-7-12-5-3-2-4-6-12)27-11-18(23,24)13-9-16(28(21,25)26)15(20)10-14(13)19/h2-6,9-10,24H,7-8,11H2,1H3,(H2,21,25,26). The number of primary sulfonamides is 1. The van der Waals surface area contributed by atoms with Crippen LogP contribution in [0.15, 0.2) is 52.4 Å². The Hall–Kier alpha value is -1.29. The summed E-state index contributed by atoms with van der Waals surface area (Å²) in [5.41, 5.74) is -0.144. The van der Waals surface area contributed by atoms with Gasteiger partial charge in [0.25, 0.3) is 0 Å². The lowest BCUT2D eigenvalue weighted by Gasteiger charge is -2.32. The van der Waals surface area contributed by atoms with Gasteiger partial charge in [-0.15, -0.1) is 0 Å². The molecule has 10 heteroatoms. The highest BCUT2D eigenvalue weighted by Crippen LogP contribution is 2.42. The molecular formula is C18H19Cl2N3O3S2. The van der Waals surface area contributed by atoms with E-state index in [0.717, 1.165) is 6.42 Å². The molecule has 0 bridgehead atoms. The van der Waals surface area contributed by atoms with E-state index < -0.39 is 15.7 Å². The van der Waals surface area contributed by atoms with E-state index in [9.17, 15) is 13.5 Å². The monoisotopic (exact) mass is 459 g/mol. The Morgan fingerprint density at radius 1 is 1.25 bits per heavy atom. The normalized spacial score (nSPS) is 21.5. The molecule has 1 aliphatic heterocycles. The number of hydrogen-bond acceptors (Lipinski definition) is 5. The molecule has 0 aromatic heterocycles. The molecule has 1 saturated heterocycles. The highest BCUT2D eigenvalue weighted by Gasteiger charge is 2.44. The van der Waals surface area contributed by atoms with Crippen LogP contribution in [0.2, 0.25) is 10.0 Å². The smallest absolute Gasteiger partial charge is 0.239 e. The van der Waals surface area contributed by atoms with Crippen LogP contribution in [0.5, 0.6) is 0 Å². The Kier molecular flexibility index (Phi) is 6.29. The van der Waals surface area contributed by atoms with Crippen LogP contribution < -0.4 is 5.14 Å². The minimum Gasteiger partial charge on any atom is -0.366 e. The van der Waals surface area contributed by atoms with Crippen molar-refractivity contribution in [2.75, 3.05) is 19.3 Å². The number of amidine groups is 1. The number of sulfonamides is 1. The molecule has 150 valence electrons. The van der Waals surface area contributed by atoms with Crippen molar-refractivity contribution in [2.45, 2.75) is 17.0 Å². The maximum atomic E-state index is 11.8. The second kappa shape index (κ2) is 8.22. The number of nitrogens with two attached hydrogens (primary N) is 1. The average Bonchev–Trinajstić information content (AvgIpc) is 2.91. The van der Waals surface area contributed by atoms with Crippen molar-refractivity contribution in [1.82, 2.24) is 4.90 Å². The van der Waals surface area contributed by atoms with E-state index in [4.69, 9.17) is 28.3 Å². The molecule has 0 radical (unpaired) electrons. The largest absolute Gasteiger partial charge is 0.366 e. The van der Waals surface area contributed by atoms with Crippen LogP contribution in [0.1, 0.15) is 11.1 Å². The van der Waals surface area contributed by atoms with Crippen LogP contribution in [0.4, 0.5) is 0 Å². The van der Waals surface area contributed by atoms with Gasteiger partial charge < -0.3 is 10.0 Å². The highest BCUT2D eigenvalue weighted by atomic mass is 35.5. The Morgan fingerprint density at radius 2 is 1.93 bits per heavy atom. The van der Waals surface area contributed by atoms with E-state index in [-0.39, 0.29) is 26.3 Å². The second-order valence-electron chi connectivity index (χ2n) is 6.37. The molecule has 1 atom stereocenters. The van der Waals surface area contributed by atoms with Crippen LogP contribution in [0.3, 0.4) is 0 Å². The third-order valence-corrected chi connectivity index (χ3v) is 7.39. The minimum atomic E-state index is -4.06. The maximum Gasteiger partial charge on any atom is 0.239 e. The third-order valence-electron chi connectivity index (χ3n) is 4.49. The van der Waals surface area contributed by atoms with Crippen molar-refractivity contribution in [1.29, 1.82) is 0 Å². The molecule has 0 amide bonds. The van der Waals surface area contributed by atoms with Crippen molar-refractivity contribution < 1.29 is 13.5 Å². The predicted molar refractivity (Wildman–Crippen MR) is 114 cm³/mol. The lowest BCUT2D eigenvalue weighted by molar-refractivity contribution is -0.0349. The van der Waals surface area contributed by atoms with Gasteiger partial charge in [0, 0.05) is 19.2 Å². The number of rotatable bonds is 5. The maximum absolute atomic E-state index is 11.8. The fraction of sp³-hybridized carbons (Fsp3) is 0.278. The van der Waals surface area contributed by atoms with Gasteiger partial charge in [0.05, 0.1) is 15.8 Å². The first-order valence-corrected chi connectivity index (χ1v) is 11.6. The second-order valence-corrected chi connectivity index (χ2v) is 9.66.